The molecule has 0 aliphatic carbocycles. The van der Waals surface area contributed by atoms with Crippen LogP contribution in [0.1, 0.15) is 15.9 Å². The Morgan fingerprint density at radius 2 is 1.79 bits per heavy atom. The van der Waals surface area contributed by atoms with Crippen molar-refractivity contribution in [3.05, 3.63) is 106 Å². The average Bonchev–Trinajstić information content (AvgIpc) is 2.73. The summed E-state index contributed by atoms with van der Waals surface area (Å²) in [5, 5.41) is 5.56. The van der Waals surface area contributed by atoms with E-state index in [2.05, 4.69) is 10.3 Å². The Bertz CT molecular complexity index is 1230. The number of allylic oxidation sites excluding steroid dienone is 1. The van der Waals surface area contributed by atoms with E-state index >= 15 is 0 Å². The highest BCUT2D eigenvalue weighted by Crippen LogP contribution is 2.27. The molecule has 0 saturated carbocycles. The summed E-state index contributed by atoms with van der Waals surface area (Å²) in [4.78, 5) is 17.0. The molecule has 0 bridgehead atoms. The number of carbonyl (C=O) groups is 1. The third-order valence-electron chi connectivity index (χ3n) is 4.45. The van der Waals surface area contributed by atoms with E-state index < -0.39 is 0 Å². The number of nitrogens with zero attached hydrogens (tertiary/aromatic N) is 1. The summed E-state index contributed by atoms with van der Waals surface area (Å²) in [6, 6.07) is 22.2. The molecule has 0 radical (unpaired) electrons. The van der Waals surface area contributed by atoms with Crippen LogP contribution in [0, 0.1) is 0 Å². The molecule has 0 aliphatic rings. The van der Waals surface area contributed by atoms with Crippen LogP contribution in [0.3, 0.4) is 0 Å². The van der Waals surface area contributed by atoms with Gasteiger partial charge in [0.05, 0.1) is 5.52 Å². The van der Waals surface area contributed by atoms with E-state index in [4.69, 9.17) is 23.2 Å². The molecular formula is C24H16Cl2N2O. The number of pyridine rings is 1. The number of nitrogens with one attached hydrogen (secondary N) is 1. The van der Waals surface area contributed by atoms with E-state index in [1.807, 2.05) is 60.7 Å². The number of carbonyl (C=O) groups excluding carboxylic acids is 1. The van der Waals surface area contributed by atoms with Gasteiger partial charge in [0, 0.05) is 38.6 Å². The Morgan fingerprint density at radius 1 is 0.931 bits per heavy atom. The molecule has 0 amide bonds. The molecule has 5 heteroatoms. The van der Waals surface area contributed by atoms with E-state index in [0.717, 1.165) is 27.8 Å². The number of rotatable bonds is 5. The second-order valence-electron chi connectivity index (χ2n) is 6.44. The van der Waals surface area contributed by atoms with Crippen molar-refractivity contribution in [1.82, 2.24) is 4.98 Å². The number of ketones is 1. The van der Waals surface area contributed by atoms with Crippen LogP contribution in [0.2, 0.25) is 10.0 Å². The minimum Gasteiger partial charge on any atom is -0.355 e. The summed E-state index contributed by atoms with van der Waals surface area (Å²) in [5.74, 6) is -0.0973. The van der Waals surface area contributed by atoms with Crippen LogP contribution in [0.5, 0.6) is 0 Å². The van der Waals surface area contributed by atoms with Gasteiger partial charge in [0.2, 0.25) is 0 Å². The zero-order valence-corrected chi connectivity index (χ0v) is 16.8. The highest BCUT2D eigenvalue weighted by atomic mass is 35.5. The van der Waals surface area contributed by atoms with Gasteiger partial charge in [-0.25, -0.2) is 0 Å². The maximum atomic E-state index is 12.6. The standard InChI is InChI=1S/C24H16Cl2N2O/c25-18-9-10-20-22(12-13-27-23(20)15-18)28-19-6-3-5-17(14-19)24(29)11-8-16-4-1-2-7-21(16)26/h1-15H,(H,27,28)/b11-8+. The lowest BCUT2D eigenvalue weighted by molar-refractivity contribution is 0.104. The summed E-state index contributed by atoms with van der Waals surface area (Å²) < 4.78 is 0. The molecular weight excluding hydrogens is 403 g/mol. The number of fused-ring (bicyclic) bond motifs is 1. The fourth-order valence-corrected chi connectivity index (χ4v) is 3.37. The molecule has 0 saturated heterocycles. The molecule has 1 aromatic heterocycles. The molecule has 1 heterocycles. The van der Waals surface area contributed by atoms with E-state index in [0.29, 0.717) is 15.6 Å². The summed E-state index contributed by atoms with van der Waals surface area (Å²) in [6.07, 6.45) is 4.98. The van der Waals surface area contributed by atoms with Gasteiger partial charge in [-0.1, -0.05) is 53.5 Å². The van der Waals surface area contributed by atoms with Crippen molar-refractivity contribution in [2.24, 2.45) is 0 Å². The van der Waals surface area contributed by atoms with Crippen molar-refractivity contribution in [2.45, 2.75) is 0 Å². The predicted octanol–water partition coefficient (Wildman–Crippen LogP) is 7.18. The number of hydrogen-bond acceptors (Lipinski definition) is 3. The monoisotopic (exact) mass is 418 g/mol. The van der Waals surface area contributed by atoms with Gasteiger partial charge >= 0.3 is 0 Å². The third kappa shape index (κ3) is 4.48. The first-order valence-electron chi connectivity index (χ1n) is 8.98. The second-order valence-corrected chi connectivity index (χ2v) is 7.29. The molecule has 1 N–H and O–H groups in total. The van der Waals surface area contributed by atoms with Crippen LogP contribution < -0.4 is 5.32 Å². The Kier molecular flexibility index (Phi) is 5.61. The Morgan fingerprint density at radius 3 is 2.66 bits per heavy atom. The molecule has 142 valence electrons. The molecule has 0 spiro atoms. The lowest BCUT2D eigenvalue weighted by Crippen LogP contribution is -1.97. The normalized spacial score (nSPS) is 11.1. The average molecular weight is 419 g/mol. The predicted molar refractivity (Wildman–Crippen MR) is 121 cm³/mol. The van der Waals surface area contributed by atoms with Crippen molar-refractivity contribution >= 4 is 57.3 Å². The molecule has 0 atom stereocenters. The van der Waals surface area contributed by atoms with Gasteiger partial charge in [-0.3, -0.25) is 9.78 Å². The fourth-order valence-electron chi connectivity index (χ4n) is 3.01. The molecule has 4 aromatic rings. The Labute approximate surface area is 178 Å². The summed E-state index contributed by atoms with van der Waals surface area (Å²) in [5.41, 5.74) is 3.89. The lowest BCUT2D eigenvalue weighted by atomic mass is 10.1. The SMILES string of the molecule is O=C(/C=C/c1ccccc1Cl)c1cccc(Nc2ccnc3cc(Cl)ccc23)c1. The van der Waals surface area contributed by atoms with Crippen LogP contribution in [0.4, 0.5) is 11.4 Å². The molecule has 3 nitrogen and oxygen atoms in total. The first-order valence-corrected chi connectivity index (χ1v) is 9.74. The summed E-state index contributed by atoms with van der Waals surface area (Å²) in [7, 11) is 0. The molecule has 3 aromatic carbocycles. The Balaban J connectivity index is 1.58. The van der Waals surface area contributed by atoms with Crippen LogP contribution >= 0.6 is 23.2 Å². The number of hydrogen-bond donors (Lipinski definition) is 1. The van der Waals surface area contributed by atoms with Crippen molar-refractivity contribution in [2.75, 3.05) is 5.32 Å². The largest absolute Gasteiger partial charge is 0.355 e. The second kappa shape index (κ2) is 8.48. The van der Waals surface area contributed by atoms with E-state index in [-0.39, 0.29) is 5.78 Å². The number of anilines is 2. The van der Waals surface area contributed by atoms with Crippen LogP contribution in [0.25, 0.3) is 17.0 Å². The number of aromatic nitrogens is 1. The van der Waals surface area contributed by atoms with E-state index in [9.17, 15) is 4.79 Å². The minimum atomic E-state index is -0.0973. The molecule has 0 aliphatic heterocycles. The summed E-state index contributed by atoms with van der Waals surface area (Å²) in [6.45, 7) is 0. The first-order chi connectivity index (χ1) is 14.1. The van der Waals surface area contributed by atoms with Crippen LogP contribution in [-0.4, -0.2) is 10.8 Å². The van der Waals surface area contributed by atoms with E-state index in [1.165, 1.54) is 6.08 Å². The maximum Gasteiger partial charge on any atom is 0.185 e. The molecule has 29 heavy (non-hydrogen) atoms. The van der Waals surface area contributed by atoms with Gasteiger partial charge in [0.25, 0.3) is 0 Å². The highest BCUT2D eigenvalue weighted by molar-refractivity contribution is 6.32. The molecule has 0 unspecified atom stereocenters. The fraction of sp³-hybridized carbons (Fsp3) is 0. The lowest BCUT2D eigenvalue weighted by Gasteiger charge is -2.10. The topological polar surface area (TPSA) is 42.0 Å². The zero-order valence-electron chi connectivity index (χ0n) is 15.3. The van der Waals surface area contributed by atoms with Crippen LogP contribution in [-0.2, 0) is 0 Å². The van der Waals surface area contributed by atoms with Crippen molar-refractivity contribution in [3.8, 4) is 0 Å². The molecule has 0 fully saturated rings. The van der Waals surface area contributed by atoms with Gasteiger partial charge in [-0.15, -0.1) is 0 Å². The maximum absolute atomic E-state index is 12.6. The van der Waals surface area contributed by atoms with Gasteiger partial charge in [-0.2, -0.15) is 0 Å². The smallest absolute Gasteiger partial charge is 0.185 e. The first kappa shape index (κ1) is 19.2. The van der Waals surface area contributed by atoms with Crippen LogP contribution in [0.15, 0.2) is 85.1 Å². The molecule has 4 rings (SSSR count). The Hall–Kier alpha value is -3.14. The number of halogens is 2. The van der Waals surface area contributed by atoms with Gasteiger partial charge < -0.3 is 5.32 Å². The summed E-state index contributed by atoms with van der Waals surface area (Å²) >= 11 is 12.2. The third-order valence-corrected chi connectivity index (χ3v) is 5.03. The van der Waals surface area contributed by atoms with Gasteiger partial charge in [-0.05, 0) is 60.2 Å². The van der Waals surface area contributed by atoms with Crippen molar-refractivity contribution in [3.63, 3.8) is 0 Å². The van der Waals surface area contributed by atoms with Gasteiger partial charge in [0.15, 0.2) is 5.78 Å². The number of benzene rings is 3. The van der Waals surface area contributed by atoms with E-state index in [1.54, 1.807) is 24.4 Å². The zero-order chi connectivity index (χ0) is 20.2. The highest BCUT2D eigenvalue weighted by Gasteiger charge is 2.06. The van der Waals surface area contributed by atoms with Gasteiger partial charge in [0.1, 0.15) is 0 Å². The minimum absolute atomic E-state index is 0.0973. The van der Waals surface area contributed by atoms with Crippen molar-refractivity contribution in [1.29, 1.82) is 0 Å². The van der Waals surface area contributed by atoms with Crippen molar-refractivity contribution < 1.29 is 4.79 Å². The quantitative estimate of drug-likeness (QED) is 0.275.